The molecule has 1 aliphatic heterocycles. The number of rotatable bonds is 3. The summed E-state index contributed by atoms with van der Waals surface area (Å²) < 4.78 is 0. The number of likely N-dealkylation sites (N-methyl/N-ethyl adjacent to an activating group) is 1. The Hall–Kier alpha value is -1.37. The summed E-state index contributed by atoms with van der Waals surface area (Å²) in [5, 5.41) is 12.1. The van der Waals surface area contributed by atoms with Crippen molar-refractivity contribution in [2.75, 3.05) is 20.1 Å². The molecular formula is C12H15N3. The number of hydrogen-bond donors (Lipinski definition) is 1. The van der Waals surface area contributed by atoms with E-state index >= 15 is 0 Å². The molecule has 3 nitrogen and oxygen atoms in total. The highest BCUT2D eigenvalue weighted by atomic mass is 15.3. The molecule has 1 saturated heterocycles. The van der Waals surface area contributed by atoms with Gasteiger partial charge in [-0.25, -0.2) is 0 Å². The van der Waals surface area contributed by atoms with Gasteiger partial charge in [-0.3, -0.25) is 4.90 Å². The number of nitrogens with one attached hydrogen (secondary N) is 1. The van der Waals surface area contributed by atoms with E-state index in [2.05, 4.69) is 28.4 Å². The Morgan fingerprint density at radius 3 is 2.60 bits per heavy atom. The average Bonchev–Trinajstić information content (AvgIpc) is 2.24. The number of hydrogen-bond acceptors (Lipinski definition) is 3. The third kappa shape index (κ3) is 2.01. The SMILES string of the molecule is CNC1(C#N)CN(Cc2ccccc2)C1. The molecule has 0 radical (unpaired) electrons. The van der Waals surface area contributed by atoms with Crippen LogP contribution in [0.15, 0.2) is 30.3 Å². The van der Waals surface area contributed by atoms with Crippen molar-refractivity contribution in [1.29, 1.82) is 5.26 Å². The second kappa shape index (κ2) is 4.01. The van der Waals surface area contributed by atoms with Crippen molar-refractivity contribution in [2.45, 2.75) is 12.1 Å². The number of likely N-dealkylation sites (tertiary alicyclic amines) is 1. The number of nitrogens with zero attached hydrogens (tertiary/aromatic N) is 2. The minimum atomic E-state index is -0.311. The topological polar surface area (TPSA) is 39.1 Å². The fourth-order valence-electron chi connectivity index (χ4n) is 1.96. The van der Waals surface area contributed by atoms with Gasteiger partial charge >= 0.3 is 0 Å². The van der Waals surface area contributed by atoms with Crippen LogP contribution in [-0.2, 0) is 6.54 Å². The maximum absolute atomic E-state index is 8.98. The van der Waals surface area contributed by atoms with Crippen LogP contribution in [0.1, 0.15) is 5.56 Å². The first kappa shape index (κ1) is 10.2. The van der Waals surface area contributed by atoms with Gasteiger partial charge in [0, 0.05) is 19.6 Å². The van der Waals surface area contributed by atoms with Crippen LogP contribution in [0.4, 0.5) is 0 Å². The van der Waals surface area contributed by atoms with Crippen LogP contribution < -0.4 is 5.32 Å². The van der Waals surface area contributed by atoms with Gasteiger partial charge in [0.15, 0.2) is 0 Å². The molecule has 15 heavy (non-hydrogen) atoms. The molecule has 2 rings (SSSR count). The van der Waals surface area contributed by atoms with Gasteiger partial charge in [0.05, 0.1) is 6.07 Å². The number of benzene rings is 1. The maximum Gasteiger partial charge on any atom is 0.132 e. The van der Waals surface area contributed by atoms with Crippen molar-refractivity contribution in [3.05, 3.63) is 35.9 Å². The summed E-state index contributed by atoms with van der Waals surface area (Å²) in [6, 6.07) is 12.7. The summed E-state index contributed by atoms with van der Waals surface area (Å²) in [7, 11) is 1.85. The van der Waals surface area contributed by atoms with Gasteiger partial charge in [0.2, 0.25) is 0 Å². The smallest absolute Gasteiger partial charge is 0.132 e. The van der Waals surface area contributed by atoms with Gasteiger partial charge in [0.1, 0.15) is 5.54 Å². The normalized spacial score (nSPS) is 19.2. The number of nitriles is 1. The lowest BCUT2D eigenvalue weighted by Crippen LogP contribution is -2.67. The summed E-state index contributed by atoms with van der Waals surface area (Å²) >= 11 is 0. The average molecular weight is 201 g/mol. The van der Waals surface area contributed by atoms with E-state index < -0.39 is 0 Å². The van der Waals surface area contributed by atoms with Crippen LogP contribution in [-0.4, -0.2) is 30.6 Å². The fraction of sp³-hybridized carbons (Fsp3) is 0.417. The minimum absolute atomic E-state index is 0.311. The molecule has 1 fully saturated rings. The molecule has 0 aromatic heterocycles. The molecule has 78 valence electrons. The Bertz CT molecular complexity index is 360. The van der Waals surface area contributed by atoms with E-state index in [0.717, 1.165) is 19.6 Å². The lowest BCUT2D eigenvalue weighted by molar-refractivity contribution is 0.0786. The van der Waals surface area contributed by atoms with Gasteiger partial charge in [-0.2, -0.15) is 5.26 Å². The van der Waals surface area contributed by atoms with Crippen LogP contribution in [0.3, 0.4) is 0 Å². The third-order valence-electron chi connectivity index (χ3n) is 2.93. The Labute approximate surface area is 90.3 Å². The highest BCUT2D eigenvalue weighted by molar-refractivity contribution is 5.20. The molecule has 0 atom stereocenters. The van der Waals surface area contributed by atoms with Gasteiger partial charge in [0.25, 0.3) is 0 Å². The first-order chi connectivity index (χ1) is 7.28. The van der Waals surface area contributed by atoms with Crippen LogP contribution >= 0.6 is 0 Å². The molecule has 1 heterocycles. The second-order valence-electron chi connectivity index (χ2n) is 4.07. The maximum atomic E-state index is 8.98. The van der Waals surface area contributed by atoms with E-state index in [1.807, 2.05) is 25.2 Å². The van der Waals surface area contributed by atoms with E-state index in [9.17, 15) is 0 Å². The molecular weight excluding hydrogens is 186 g/mol. The standard InChI is InChI=1S/C12H15N3/c1-14-12(8-13)9-15(10-12)7-11-5-3-2-4-6-11/h2-6,14H,7,9-10H2,1H3. The van der Waals surface area contributed by atoms with Crippen LogP contribution in [0.25, 0.3) is 0 Å². The molecule has 1 aliphatic rings. The Morgan fingerprint density at radius 1 is 1.40 bits per heavy atom. The monoisotopic (exact) mass is 201 g/mol. The summed E-state index contributed by atoms with van der Waals surface area (Å²) in [6.07, 6.45) is 0. The van der Waals surface area contributed by atoms with Crippen LogP contribution in [0.2, 0.25) is 0 Å². The molecule has 1 aromatic carbocycles. The molecule has 1 aromatic rings. The van der Waals surface area contributed by atoms with Crippen molar-refractivity contribution in [3.63, 3.8) is 0 Å². The van der Waals surface area contributed by atoms with Crippen molar-refractivity contribution < 1.29 is 0 Å². The van der Waals surface area contributed by atoms with Crippen molar-refractivity contribution in [3.8, 4) is 6.07 Å². The Kier molecular flexibility index (Phi) is 2.72. The van der Waals surface area contributed by atoms with Crippen molar-refractivity contribution in [2.24, 2.45) is 0 Å². The first-order valence-electron chi connectivity index (χ1n) is 5.14. The van der Waals surface area contributed by atoms with E-state index in [1.54, 1.807) is 0 Å². The van der Waals surface area contributed by atoms with Gasteiger partial charge in [-0.1, -0.05) is 30.3 Å². The lowest BCUT2D eigenvalue weighted by Gasteiger charge is -2.45. The highest BCUT2D eigenvalue weighted by Gasteiger charge is 2.41. The summed E-state index contributed by atoms with van der Waals surface area (Å²) in [5.74, 6) is 0. The summed E-state index contributed by atoms with van der Waals surface area (Å²) in [4.78, 5) is 2.27. The molecule has 1 N–H and O–H groups in total. The van der Waals surface area contributed by atoms with Crippen LogP contribution in [0, 0.1) is 11.3 Å². The minimum Gasteiger partial charge on any atom is -0.300 e. The predicted octanol–water partition coefficient (Wildman–Crippen LogP) is 0.984. The van der Waals surface area contributed by atoms with E-state index in [1.165, 1.54) is 5.56 Å². The quantitative estimate of drug-likeness (QED) is 0.792. The zero-order valence-electron chi connectivity index (χ0n) is 8.90. The van der Waals surface area contributed by atoms with Crippen LogP contribution in [0.5, 0.6) is 0 Å². The van der Waals surface area contributed by atoms with E-state index in [4.69, 9.17) is 5.26 Å². The zero-order valence-corrected chi connectivity index (χ0v) is 8.90. The fourth-order valence-corrected chi connectivity index (χ4v) is 1.96. The largest absolute Gasteiger partial charge is 0.300 e. The first-order valence-corrected chi connectivity index (χ1v) is 5.14. The summed E-state index contributed by atoms with van der Waals surface area (Å²) in [5.41, 5.74) is 0.995. The molecule has 0 bridgehead atoms. The second-order valence-corrected chi connectivity index (χ2v) is 4.07. The molecule has 0 spiro atoms. The Balaban J connectivity index is 1.89. The predicted molar refractivity (Wildman–Crippen MR) is 59.1 cm³/mol. The molecule has 0 unspecified atom stereocenters. The summed E-state index contributed by atoms with van der Waals surface area (Å²) in [6.45, 7) is 2.57. The zero-order chi connectivity index (χ0) is 10.7. The van der Waals surface area contributed by atoms with E-state index in [0.29, 0.717) is 0 Å². The van der Waals surface area contributed by atoms with Gasteiger partial charge < -0.3 is 5.32 Å². The lowest BCUT2D eigenvalue weighted by atomic mass is 9.91. The molecule has 3 heteroatoms. The molecule has 0 amide bonds. The van der Waals surface area contributed by atoms with Gasteiger partial charge in [-0.15, -0.1) is 0 Å². The third-order valence-corrected chi connectivity index (χ3v) is 2.93. The molecule has 0 aliphatic carbocycles. The van der Waals surface area contributed by atoms with Crippen molar-refractivity contribution >= 4 is 0 Å². The highest BCUT2D eigenvalue weighted by Crippen LogP contribution is 2.21. The van der Waals surface area contributed by atoms with Crippen molar-refractivity contribution in [1.82, 2.24) is 10.2 Å². The van der Waals surface area contributed by atoms with Gasteiger partial charge in [-0.05, 0) is 12.6 Å². The van der Waals surface area contributed by atoms with E-state index in [-0.39, 0.29) is 5.54 Å². The Morgan fingerprint density at radius 2 is 2.07 bits per heavy atom. The molecule has 0 saturated carbocycles.